The van der Waals surface area contributed by atoms with Crippen molar-refractivity contribution in [1.82, 2.24) is 15.2 Å². The Hall–Kier alpha value is -1.98. The number of hydrogen-bond donors (Lipinski definition) is 1. The maximum absolute atomic E-state index is 15.2. The quantitative estimate of drug-likeness (QED) is 0.847. The summed E-state index contributed by atoms with van der Waals surface area (Å²) in [5.41, 5.74) is -1.12. The molecule has 0 aromatic carbocycles. The lowest BCUT2D eigenvalue weighted by molar-refractivity contribution is -0.143. The van der Waals surface area contributed by atoms with Crippen molar-refractivity contribution in [2.24, 2.45) is 5.92 Å². The topological polar surface area (TPSA) is 62.3 Å². The van der Waals surface area contributed by atoms with Crippen LogP contribution in [0.5, 0.6) is 0 Å². The highest BCUT2D eigenvalue weighted by Crippen LogP contribution is 2.30. The zero-order chi connectivity index (χ0) is 18.4. The Morgan fingerprint density at radius 1 is 1.23 bits per heavy atom. The predicted molar refractivity (Wildman–Crippen MR) is 96.9 cm³/mol. The maximum atomic E-state index is 15.2. The molecule has 1 saturated heterocycles. The molecular formula is C20H28FN3O2. The largest absolute Gasteiger partial charge is 0.349 e. The SMILES string of the molecule is O=C(CCC1CCCC1)N1CCCC(F)(C(=O)NCc2ccncc2)C1. The van der Waals surface area contributed by atoms with Gasteiger partial charge >= 0.3 is 0 Å². The third-order valence-corrected chi connectivity index (χ3v) is 5.65. The van der Waals surface area contributed by atoms with E-state index in [1.807, 2.05) is 0 Å². The minimum Gasteiger partial charge on any atom is -0.349 e. The fourth-order valence-electron chi connectivity index (χ4n) is 4.04. The summed E-state index contributed by atoms with van der Waals surface area (Å²) in [6.45, 7) is 0.689. The van der Waals surface area contributed by atoms with Crippen molar-refractivity contribution in [2.45, 2.75) is 63.6 Å². The summed E-state index contributed by atoms with van der Waals surface area (Å²) in [5.74, 6) is 0.00528. The van der Waals surface area contributed by atoms with Crippen LogP contribution >= 0.6 is 0 Å². The average Bonchev–Trinajstić information content (AvgIpc) is 3.18. The molecule has 1 aliphatic heterocycles. The molecule has 142 valence electrons. The van der Waals surface area contributed by atoms with Crippen LogP contribution in [0.1, 0.15) is 56.9 Å². The van der Waals surface area contributed by atoms with Gasteiger partial charge in [0.15, 0.2) is 0 Å². The summed E-state index contributed by atoms with van der Waals surface area (Å²) >= 11 is 0. The molecule has 0 bridgehead atoms. The van der Waals surface area contributed by atoms with E-state index >= 15 is 4.39 Å². The standard InChI is InChI=1S/C20H28FN3O2/c21-20(19(26)23-14-17-8-11-22-12-9-17)10-3-13-24(15-20)18(25)7-6-16-4-1-2-5-16/h8-9,11-12,16H,1-7,10,13-15H2,(H,23,26). The van der Waals surface area contributed by atoms with Crippen LogP contribution in [0.4, 0.5) is 4.39 Å². The molecule has 2 heterocycles. The van der Waals surface area contributed by atoms with Crippen molar-refractivity contribution in [1.29, 1.82) is 0 Å². The molecule has 1 saturated carbocycles. The number of pyridine rings is 1. The Morgan fingerprint density at radius 2 is 1.96 bits per heavy atom. The van der Waals surface area contributed by atoms with Gasteiger partial charge < -0.3 is 10.2 Å². The van der Waals surface area contributed by atoms with E-state index in [9.17, 15) is 9.59 Å². The lowest BCUT2D eigenvalue weighted by Gasteiger charge is -2.36. The van der Waals surface area contributed by atoms with E-state index < -0.39 is 11.6 Å². The Labute approximate surface area is 154 Å². The fraction of sp³-hybridized carbons (Fsp3) is 0.650. The third-order valence-electron chi connectivity index (χ3n) is 5.65. The highest BCUT2D eigenvalue weighted by atomic mass is 19.1. The van der Waals surface area contributed by atoms with Gasteiger partial charge in [-0.15, -0.1) is 0 Å². The van der Waals surface area contributed by atoms with Crippen LogP contribution in [0.15, 0.2) is 24.5 Å². The van der Waals surface area contributed by atoms with E-state index in [-0.39, 0.29) is 25.4 Å². The summed E-state index contributed by atoms with van der Waals surface area (Å²) < 4.78 is 15.2. The Morgan fingerprint density at radius 3 is 2.69 bits per heavy atom. The number of carbonyl (C=O) groups is 2. The third kappa shape index (κ3) is 4.80. The second-order valence-corrected chi connectivity index (χ2v) is 7.61. The number of likely N-dealkylation sites (tertiary alicyclic amines) is 1. The number of carbonyl (C=O) groups excluding carboxylic acids is 2. The molecule has 26 heavy (non-hydrogen) atoms. The van der Waals surface area contributed by atoms with E-state index in [2.05, 4.69) is 10.3 Å². The molecule has 3 rings (SSSR count). The van der Waals surface area contributed by atoms with Gasteiger partial charge in [-0.25, -0.2) is 4.39 Å². The maximum Gasteiger partial charge on any atom is 0.259 e. The summed E-state index contributed by atoms with van der Waals surface area (Å²) in [4.78, 5) is 30.3. The van der Waals surface area contributed by atoms with Gasteiger partial charge in [0, 0.05) is 31.9 Å². The number of aromatic nitrogens is 1. The van der Waals surface area contributed by atoms with Crippen molar-refractivity contribution < 1.29 is 14.0 Å². The van der Waals surface area contributed by atoms with Crippen molar-refractivity contribution in [3.05, 3.63) is 30.1 Å². The number of nitrogens with zero attached hydrogens (tertiary/aromatic N) is 2. The molecule has 1 aliphatic carbocycles. The highest BCUT2D eigenvalue weighted by molar-refractivity contribution is 5.86. The van der Waals surface area contributed by atoms with Crippen molar-refractivity contribution in [2.75, 3.05) is 13.1 Å². The molecule has 2 amide bonds. The smallest absolute Gasteiger partial charge is 0.259 e. The van der Waals surface area contributed by atoms with Crippen LogP contribution in [-0.2, 0) is 16.1 Å². The zero-order valence-electron chi connectivity index (χ0n) is 15.3. The molecule has 1 atom stereocenters. The first kappa shape index (κ1) is 18.8. The number of halogens is 1. The number of nitrogens with one attached hydrogen (secondary N) is 1. The molecule has 0 radical (unpaired) electrons. The molecule has 2 fully saturated rings. The first-order valence-electron chi connectivity index (χ1n) is 9.71. The molecule has 1 aromatic rings. The first-order chi connectivity index (χ1) is 12.6. The minimum absolute atomic E-state index is 0.0134. The van der Waals surface area contributed by atoms with Crippen LogP contribution in [0, 0.1) is 5.92 Å². The molecule has 0 spiro atoms. The second-order valence-electron chi connectivity index (χ2n) is 7.61. The molecular weight excluding hydrogens is 333 g/mol. The lowest BCUT2D eigenvalue weighted by atomic mass is 9.92. The predicted octanol–water partition coefficient (Wildman–Crippen LogP) is 3.00. The van der Waals surface area contributed by atoms with Crippen molar-refractivity contribution >= 4 is 11.8 Å². The Kier molecular flexibility index (Phi) is 6.22. The van der Waals surface area contributed by atoms with E-state index in [1.165, 1.54) is 25.7 Å². The van der Waals surface area contributed by atoms with E-state index in [0.717, 1.165) is 12.0 Å². The van der Waals surface area contributed by atoms with Crippen LogP contribution in [-0.4, -0.2) is 40.5 Å². The summed E-state index contributed by atoms with van der Waals surface area (Å²) in [7, 11) is 0. The van der Waals surface area contributed by atoms with Crippen molar-refractivity contribution in [3.63, 3.8) is 0 Å². The van der Waals surface area contributed by atoms with Gasteiger partial charge in [-0.3, -0.25) is 14.6 Å². The van der Waals surface area contributed by atoms with Crippen LogP contribution in [0.3, 0.4) is 0 Å². The first-order valence-corrected chi connectivity index (χ1v) is 9.71. The molecule has 5 nitrogen and oxygen atoms in total. The molecule has 1 aromatic heterocycles. The normalized spacial score (nSPS) is 23.8. The van der Waals surface area contributed by atoms with Crippen LogP contribution in [0.2, 0.25) is 0 Å². The highest BCUT2D eigenvalue weighted by Gasteiger charge is 2.43. The molecule has 2 aliphatic rings. The Bertz CT molecular complexity index is 619. The average molecular weight is 361 g/mol. The number of rotatable bonds is 6. The van der Waals surface area contributed by atoms with Crippen molar-refractivity contribution in [3.8, 4) is 0 Å². The van der Waals surface area contributed by atoms with Gasteiger partial charge in [0.25, 0.3) is 5.91 Å². The summed E-state index contributed by atoms with van der Waals surface area (Å²) in [6.07, 6.45) is 10.3. The molecule has 1 unspecified atom stereocenters. The van der Waals surface area contributed by atoms with E-state index in [0.29, 0.717) is 25.3 Å². The van der Waals surface area contributed by atoms with Gasteiger partial charge in [-0.2, -0.15) is 0 Å². The van der Waals surface area contributed by atoms with Crippen LogP contribution in [0.25, 0.3) is 0 Å². The van der Waals surface area contributed by atoms with Gasteiger partial charge in [-0.05, 0) is 42.9 Å². The minimum atomic E-state index is -1.99. The fourth-order valence-corrected chi connectivity index (χ4v) is 4.04. The number of amides is 2. The number of alkyl halides is 1. The zero-order valence-corrected chi connectivity index (χ0v) is 15.3. The summed E-state index contributed by atoms with van der Waals surface area (Å²) in [5, 5.41) is 2.67. The van der Waals surface area contributed by atoms with Gasteiger partial charge in [0.2, 0.25) is 11.6 Å². The lowest BCUT2D eigenvalue weighted by Crippen LogP contribution is -2.55. The van der Waals surface area contributed by atoms with Crippen LogP contribution < -0.4 is 5.32 Å². The number of hydrogen-bond acceptors (Lipinski definition) is 3. The number of piperidine rings is 1. The monoisotopic (exact) mass is 361 g/mol. The van der Waals surface area contributed by atoms with Gasteiger partial charge in [0.05, 0.1) is 6.54 Å². The van der Waals surface area contributed by atoms with E-state index in [4.69, 9.17) is 0 Å². The Balaban J connectivity index is 1.50. The van der Waals surface area contributed by atoms with Gasteiger partial charge in [-0.1, -0.05) is 25.7 Å². The second kappa shape index (κ2) is 8.60. The van der Waals surface area contributed by atoms with Gasteiger partial charge in [0.1, 0.15) is 0 Å². The molecule has 6 heteroatoms. The summed E-state index contributed by atoms with van der Waals surface area (Å²) in [6, 6.07) is 3.57. The molecule has 1 N–H and O–H groups in total. The van der Waals surface area contributed by atoms with E-state index in [1.54, 1.807) is 29.4 Å².